The smallest absolute Gasteiger partial charge is 0.182 e. The van der Waals surface area contributed by atoms with Gasteiger partial charge in [0.2, 0.25) is 0 Å². The van der Waals surface area contributed by atoms with Gasteiger partial charge >= 0.3 is 0 Å². The second kappa shape index (κ2) is 9.64. The second-order valence-corrected chi connectivity index (χ2v) is 7.97. The number of benzene rings is 1. The molecule has 0 atom stereocenters. The Bertz CT molecular complexity index is 889. The highest BCUT2D eigenvalue weighted by Crippen LogP contribution is 2.36. The molecule has 0 fully saturated rings. The number of thiazole rings is 2. The Morgan fingerprint density at radius 3 is 2.48 bits per heavy atom. The highest BCUT2D eigenvalue weighted by atomic mass is 32.1. The van der Waals surface area contributed by atoms with Gasteiger partial charge in [0.1, 0.15) is 12.3 Å². The van der Waals surface area contributed by atoms with Crippen LogP contribution in [0.2, 0.25) is 0 Å². The van der Waals surface area contributed by atoms with Gasteiger partial charge in [-0.1, -0.05) is 36.8 Å². The maximum atomic E-state index is 12.8. The van der Waals surface area contributed by atoms with E-state index in [1.165, 1.54) is 22.7 Å². The van der Waals surface area contributed by atoms with Crippen LogP contribution in [0.25, 0.3) is 20.5 Å². The van der Waals surface area contributed by atoms with Gasteiger partial charge in [-0.15, -0.1) is 22.7 Å². The Hall–Kier alpha value is -2.22. The fourth-order valence-electron chi connectivity index (χ4n) is 2.70. The summed E-state index contributed by atoms with van der Waals surface area (Å²) in [5, 5.41) is 12.2. The van der Waals surface area contributed by atoms with Crippen LogP contribution in [0, 0.1) is 0 Å². The molecule has 7 heteroatoms. The van der Waals surface area contributed by atoms with Gasteiger partial charge in [0, 0.05) is 24.4 Å². The molecule has 0 aliphatic carbocycles. The molecule has 0 amide bonds. The van der Waals surface area contributed by atoms with E-state index in [4.69, 9.17) is 5.11 Å². The minimum atomic E-state index is -0.405. The lowest BCUT2D eigenvalue weighted by Gasteiger charge is -2.02. The molecule has 2 aromatic heterocycles. The number of Topliss-reactive ketones (excluding diaryl/α,β-unsaturated/α-hetero) is 2. The first-order valence-electron chi connectivity index (χ1n) is 8.81. The van der Waals surface area contributed by atoms with Crippen LogP contribution in [0.1, 0.15) is 42.6 Å². The number of ketones is 2. The Balaban J connectivity index is 1.73. The molecule has 27 heavy (non-hydrogen) atoms. The molecular weight excluding hydrogens is 380 g/mol. The van der Waals surface area contributed by atoms with Crippen molar-refractivity contribution in [3.63, 3.8) is 0 Å². The zero-order valence-electron chi connectivity index (χ0n) is 14.8. The standard InChI is InChI=1S/C20H20N2O3S2/c23-13-15(24)9-5-2-6-10-16(25)17-18(14-7-3-1-4-8-14)27-20(22-17)19-21-11-12-26-19/h1,3-4,7-8,11-12,23H,2,5-6,9-10,13H2. The van der Waals surface area contributed by atoms with E-state index < -0.39 is 6.61 Å². The Labute approximate surface area is 165 Å². The predicted molar refractivity (Wildman–Crippen MR) is 108 cm³/mol. The molecule has 0 spiro atoms. The Morgan fingerprint density at radius 1 is 1.00 bits per heavy atom. The van der Waals surface area contributed by atoms with Gasteiger partial charge in [0.05, 0.1) is 4.88 Å². The summed E-state index contributed by atoms with van der Waals surface area (Å²) in [4.78, 5) is 33.7. The summed E-state index contributed by atoms with van der Waals surface area (Å²) >= 11 is 3.00. The minimum absolute atomic E-state index is 0.0152. The molecule has 0 aliphatic rings. The molecule has 0 radical (unpaired) electrons. The third kappa shape index (κ3) is 5.15. The van der Waals surface area contributed by atoms with E-state index in [0.29, 0.717) is 31.4 Å². The van der Waals surface area contributed by atoms with Gasteiger partial charge in [-0.05, 0) is 18.4 Å². The monoisotopic (exact) mass is 400 g/mol. The van der Waals surface area contributed by atoms with Gasteiger partial charge in [-0.2, -0.15) is 0 Å². The van der Waals surface area contributed by atoms with Gasteiger partial charge in [0.15, 0.2) is 21.6 Å². The summed E-state index contributed by atoms with van der Waals surface area (Å²) in [6, 6.07) is 9.81. The van der Waals surface area contributed by atoms with Crippen LogP contribution in [-0.2, 0) is 4.79 Å². The molecule has 0 unspecified atom stereocenters. The second-order valence-electron chi connectivity index (χ2n) is 6.08. The maximum Gasteiger partial charge on any atom is 0.182 e. The van der Waals surface area contributed by atoms with E-state index in [0.717, 1.165) is 26.9 Å². The Morgan fingerprint density at radius 2 is 1.78 bits per heavy atom. The molecule has 0 bridgehead atoms. The van der Waals surface area contributed by atoms with Crippen LogP contribution >= 0.6 is 22.7 Å². The summed E-state index contributed by atoms with van der Waals surface area (Å²) < 4.78 is 0. The molecule has 1 aromatic carbocycles. The summed E-state index contributed by atoms with van der Waals surface area (Å²) in [6.45, 7) is -0.405. The zero-order chi connectivity index (χ0) is 19.1. The van der Waals surface area contributed by atoms with E-state index in [1.807, 2.05) is 35.7 Å². The number of aliphatic hydroxyl groups is 1. The van der Waals surface area contributed by atoms with Gasteiger partial charge in [-0.25, -0.2) is 9.97 Å². The minimum Gasteiger partial charge on any atom is -0.389 e. The van der Waals surface area contributed by atoms with Crippen LogP contribution in [0.15, 0.2) is 41.9 Å². The average molecular weight is 401 g/mol. The van der Waals surface area contributed by atoms with E-state index in [-0.39, 0.29) is 11.6 Å². The summed E-state index contributed by atoms with van der Waals surface area (Å²) in [5.74, 6) is -0.137. The first-order valence-corrected chi connectivity index (χ1v) is 10.5. The molecule has 0 saturated carbocycles. The lowest BCUT2D eigenvalue weighted by atomic mass is 10.0. The van der Waals surface area contributed by atoms with Crippen LogP contribution in [0.3, 0.4) is 0 Å². The fourth-order valence-corrected chi connectivity index (χ4v) is 4.47. The molecule has 1 N–H and O–H groups in total. The largest absolute Gasteiger partial charge is 0.389 e. The number of aromatic nitrogens is 2. The van der Waals surface area contributed by atoms with Crippen molar-refractivity contribution in [1.82, 2.24) is 9.97 Å². The lowest BCUT2D eigenvalue weighted by molar-refractivity contribution is -0.121. The third-order valence-electron chi connectivity index (χ3n) is 4.08. The average Bonchev–Trinajstić information content (AvgIpc) is 3.37. The predicted octanol–water partition coefficient (Wildman–Crippen LogP) is 4.63. The van der Waals surface area contributed by atoms with Gasteiger partial charge in [0.25, 0.3) is 0 Å². The number of carbonyl (C=O) groups excluding carboxylic acids is 2. The zero-order valence-corrected chi connectivity index (χ0v) is 16.4. The van der Waals surface area contributed by atoms with Crippen molar-refractivity contribution in [2.75, 3.05) is 6.61 Å². The maximum absolute atomic E-state index is 12.8. The lowest BCUT2D eigenvalue weighted by Crippen LogP contribution is -2.04. The number of carbonyl (C=O) groups is 2. The molecular formula is C20H20N2O3S2. The number of hydrogen-bond donors (Lipinski definition) is 1. The topological polar surface area (TPSA) is 80.1 Å². The molecule has 3 aromatic rings. The fraction of sp³-hybridized carbons (Fsp3) is 0.300. The number of nitrogens with zero attached hydrogens (tertiary/aromatic N) is 2. The number of aliphatic hydroxyl groups excluding tert-OH is 1. The van der Waals surface area contributed by atoms with Crippen molar-refractivity contribution in [2.24, 2.45) is 0 Å². The van der Waals surface area contributed by atoms with Gasteiger partial charge in [-0.3, -0.25) is 9.59 Å². The van der Waals surface area contributed by atoms with E-state index in [1.54, 1.807) is 6.20 Å². The van der Waals surface area contributed by atoms with E-state index in [2.05, 4.69) is 9.97 Å². The van der Waals surface area contributed by atoms with Crippen molar-refractivity contribution in [1.29, 1.82) is 0 Å². The first kappa shape index (κ1) is 19.5. The van der Waals surface area contributed by atoms with Crippen molar-refractivity contribution in [3.05, 3.63) is 47.6 Å². The summed E-state index contributed by atoms with van der Waals surface area (Å²) in [6.07, 6.45) is 4.68. The van der Waals surface area contributed by atoms with Crippen molar-refractivity contribution in [3.8, 4) is 20.5 Å². The van der Waals surface area contributed by atoms with Crippen LogP contribution in [-0.4, -0.2) is 33.2 Å². The quantitative estimate of drug-likeness (QED) is 0.396. The van der Waals surface area contributed by atoms with E-state index >= 15 is 0 Å². The van der Waals surface area contributed by atoms with Crippen LogP contribution in [0.4, 0.5) is 0 Å². The normalized spacial score (nSPS) is 10.9. The van der Waals surface area contributed by atoms with Crippen molar-refractivity contribution in [2.45, 2.75) is 32.1 Å². The van der Waals surface area contributed by atoms with Crippen molar-refractivity contribution < 1.29 is 14.7 Å². The molecule has 140 valence electrons. The van der Waals surface area contributed by atoms with Crippen molar-refractivity contribution >= 4 is 34.2 Å². The number of hydrogen-bond acceptors (Lipinski definition) is 7. The van der Waals surface area contributed by atoms with E-state index in [9.17, 15) is 9.59 Å². The molecule has 0 aliphatic heterocycles. The Kier molecular flexibility index (Phi) is 6.98. The number of unbranched alkanes of at least 4 members (excludes halogenated alkanes) is 2. The summed E-state index contributed by atoms with van der Waals surface area (Å²) in [5.41, 5.74) is 1.48. The third-order valence-corrected chi connectivity index (χ3v) is 6.10. The molecule has 2 heterocycles. The SMILES string of the molecule is O=C(CO)CCCCCC(=O)c1nc(-c2nccs2)sc1-c1ccccc1. The molecule has 5 nitrogen and oxygen atoms in total. The highest BCUT2D eigenvalue weighted by molar-refractivity contribution is 7.22. The number of rotatable bonds is 10. The van der Waals surface area contributed by atoms with Crippen LogP contribution < -0.4 is 0 Å². The summed E-state index contributed by atoms with van der Waals surface area (Å²) in [7, 11) is 0. The molecule has 3 rings (SSSR count). The first-order chi connectivity index (χ1) is 13.2. The highest BCUT2D eigenvalue weighted by Gasteiger charge is 2.20. The van der Waals surface area contributed by atoms with Crippen LogP contribution in [0.5, 0.6) is 0 Å². The van der Waals surface area contributed by atoms with Gasteiger partial charge < -0.3 is 5.11 Å². The molecule has 0 saturated heterocycles.